The third-order valence-corrected chi connectivity index (χ3v) is 7.34. The van der Waals surface area contributed by atoms with Crippen molar-refractivity contribution in [2.45, 2.75) is 23.2 Å². The number of hydrogen-bond donors (Lipinski definition) is 1. The van der Waals surface area contributed by atoms with Gasteiger partial charge in [0, 0.05) is 30.1 Å². The molecule has 3 rings (SSSR count). The summed E-state index contributed by atoms with van der Waals surface area (Å²) in [6.45, 7) is 1.60. The molecule has 1 N–H and O–H groups in total. The van der Waals surface area contributed by atoms with Crippen LogP contribution in [0.5, 0.6) is 5.75 Å². The summed E-state index contributed by atoms with van der Waals surface area (Å²) in [5.41, 5.74) is -0.226. The van der Waals surface area contributed by atoms with E-state index in [9.17, 15) is 8.42 Å². The number of methoxy groups -OCH3 is 1. The second-order valence-corrected chi connectivity index (χ2v) is 9.11. The topological polar surface area (TPSA) is 64.6 Å². The van der Waals surface area contributed by atoms with Crippen molar-refractivity contribution in [3.05, 3.63) is 45.6 Å². The van der Waals surface area contributed by atoms with Gasteiger partial charge in [0.25, 0.3) is 0 Å². The lowest BCUT2D eigenvalue weighted by Crippen LogP contribution is -2.44. The highest BCUT2D eigenvalue weighted by Gasteiger charge is 2.36. The van der Waals surface area contributed by atoms with Crippen molar-refractivity contribution < 1.29 is 17.9 Å². The number of ether oxygens (including phenoxy) is 2. The molecular formula is C17H20ClNO4S2. The minimum Gasteiger partial charge on any atom is -0.495 e. The average Bonchev–Trinajstić information content (AvgIpc) is 3.16. The van der Waals surface area contributed by atoms with Crippen LogP contribution in [0.1, 0.15) is 17.7 Å². The third kappa shape index (κ3) is 4.01. The Balaban J connectivity index is 1.81. The normalized spacial score (nSPS) is 17.4. The van der Waals surface area contributed by atoms with Crippen molar-refractivity contribution in [1.82, 2.24) is 4.72 Å². The molecule has 1 aliphatic heterocycles. The summed E-state index contributed by atoms with van der Waals surface area (Å²) in [4.78, 5) is 1.32. The van der Waals surface area contributed by atoms with Gasteiger partial charge in [-0.1, -0.05) is 17.7 Å². The van der Waals surface area contributed by atoms with Gasteiger partial charge < -0.3 is 9.47 Å². The van der Waals surface area contributed by atoms with Crippen LogP contribution in [0.4, 0.5) is 0 Å². The maximum absolute atomic E-state index is 12.7. The molecule has 136 valence electrons. The van der Waals surface area contributed by atoms with Crippen LogP contribution >= 0.6 is 22.9 Å². The summed E-state index contributed by atoms with van der Waals surface area (Å²) < 4.78 is 38.7. The minimum atomic E-state index is -3.66. The van der Waals surface area contributed by atoms with Crippen LogP contribution in [0.25, 0.3) is 0 Å². The Morgan fingerprint density at radius 3 is 2.68 bits per heavy atom. The van der Waals surface area contributed by atoms with E-state index in [1.165, 1.54) is 24.1 Å². The molecule has 2 aromatic rings. The van der Waals surface area contributed by atoms with E-state index >= 15 is 0 Å². The van der Waals surface area contributed by atoms with E-state index in [-0.39, 0.29) is 15.3 Å². The second-order valence-electron chi connectivity index (χ2n) is 5.99. The fourth-order valence-corrected chi connectivity index (χ4v) is 5.45. The molecule has 0 unspecified atom stereocenters. The molecule has 5 nitrogen and oxygen atoms in total. The zero-order valence-electron chi connectivity index (χ0n) is 13.8. The fourth-order valence-electron chi connectivity index (χ4n) is 2.98. The molecule has 0 spiro atoms. The third-order valence-electron chi connectivity index (χ3n) is 4.53. The average molecular weight is 402 g/mol. The Morgan fingerprint density at radius 2 is 2.08 bits per heavy atom. The Bertz CT molecular complexity index is 815. The largest absolute Gasteiger partial charge is 0.495 e. The quantitative estimate of drug-likeness (QED) is 0.805. The minimum absolute atomic E-state index is 0.131. The molecule has 0 atom stereocenters. The van der Waals surface area contributed by atoms with Gasteiger partial charge in [0.1, 0.15) is 5.75 Å². The smallest absolute Gasteiger partial charge is 0.240 e. The molecule has 1 aromatic heterocycles. The molecule has 1 saturated heterocycles. The standard InChI is InChI=1S/C17H20ClNO4S2/c1-22-15-5-4-13(11-14(15)18)25(20,21)19-12-17(6-8-23-9-7-17)16-3-2-10-24-16/h2-5,10-11,19H,6-9,12H2,1H3. The number of hydrogen-bond acceptors (Lipinski definition) is 5. The van der Waals surface area contributed by atoms with Gasteiger partial charge in [0.15, 0.2) is 0 Å². The predicted molar refractivity (Wildman–Crippen MR) is 99.2 cm³/mol. The molecule has 8 heteroatoms. The van der Waals surface area contributed by atoms with E-state index in [0.29, 0.717) is 25.5 Å². The highest BCUT2D eigenvalue weighted by molar-refractivity contribution is 7.89. The number of rotatable bonds is 6. The predicted octanol–water partition coefficient (Wildman–Crippen LogP) is 3.44. The number of sulfonamides is 1. The van der Waals surface area contributed by atoms with Gasteiger partial charge in [0.05, 0.1) is 17.0 Å². The van der Waals surface area contributed by atoms with Crippen LogP contribution < -0.4 is 9.46 Å². The van der Waals surface area contributed by atoms with Gasteiger partial charge in [-0.15, -0.1) is 11.3 Å². The first kappa shape index (κ1) is 18.7. The maximum Gasteiger partial charge on any atom is 0.240 e. The van der Waals surface area contributed by atoms with Crippen molar-refractivity contribution in [2.75, 3.05) is 26.9 Å². The molecule has 25 heavy (non-hydrogen) atoms. The molecule has 1 fully saturated rings. The van der Waals surface area contributed by atoms with Gasteiger partial charge in [-0.25, -0.2) is 13.1 Å². The van der Waals surface area contributed by atoms with Crippen LogP contribution in [0, 0.1) is 0 Å². The fraction of sp³-hybridized carbons (Fsp3) is 0.412. The summed E-state index contributed by atoms with van der Waals surface area (Å²) in [5, 5.41) is 2.29. The molecule has 2 heterocycles. The number of thiophene rings is 1. The summed E-state index contributed by atoms with van der Waals surface area (Å²) in [6, 6.07) is 8.52. The van der Waals surface area contributed by atoms with Crippen molar-refractivity contribution >= 4 is 33.0 Å². The van der Waals surface area contributed by atoms with E-state index < -0.39 is 10.0 Å². The van der Waals surface area contributed by atoms with Crippen molar-refractivity contribution in [1.29, 1.82) is 0 Å². The Labute approximate surface area is 157 Å². The summed E-state index contributed by atoms with van der Waals surface area (Å²) in [5.74, 6) is 0.445. The molecule has 0 bridgehead atoms. The zero-order valence-corrected chi connectivity index (χ0v) is 16.2. The molecule has 0 amide bonds. The van der Waals surface area contributed by atoms with Crippen molar-refractivity contribution in [3.63, 3.8) is 0 Å². The van der Waals surface area contributed by atoms with Crippen molar-refractivity contribution in [2.24, 2.45) is 0 Å². The first-order chi connectivity index (χ1) is 12.0. The van der Waals surface area contributed by atoms with Crippen LogP contribution in [-0.4, -0.2) is 35.3 Å². The van der Waals surface area contributed by atoms with Crippen LogP contribution in [0.3, 0.4) is 0 Å². The molecule has 0 aliphatic carbocycles. The summed E-state index contributed by atoms with van der Waals surface area (Å²) in [7, 11) is -2.17. The van der Waals surface area contributed by atoms with Crippen LogP contribution in [-0.2, 0) is 20.2 Å². The maximum atomic E-state index is 12.7. The first-order valence-corrected chi connectivity index (χ1v) is 10.7. The van der Waals surface area contributed by atoms with Gasteiger partial charge in [-0.3, -0.25) is 0 Å². The van der Waals surface area contributed by atoms with Gasteiger partial charge in [-0.05, 0) is 42.5 Å². The van der Waals surface area contributed by atoms with E-state index in [4.69, 9.17) is 21.1 Å². The Kier molecular flexibility index (Phi) is 5.70. The van der Waals surface area contributed by atoms with Crippen molar-refractivity contribution in [3.8, 4) is 5.75 Å². The monoisotopic (exact) mass is 401 g/mol. The van der Waals surface area contributed by atoms with Gasteiger partial charge in [0.2, 0.25) is 10.0 Å². The second kappa shape index (κ2) is 7.63. The number of halogens is 1. The van der Waals surface area contributed by atoms with E-state index in [0.717, 1.165) is 12.8 Å². The molecule has 0 radical (unpaired) electrons. The van der Waals surface area contributed by atoms with Gasteiger partial charge >= 0.3 is 0 Å². The molecule has 1 aromatic carbocycles. The number of nitrogens with one attached hydrogen (secondary N) is 1. The Hall–Kier alpha value is -1.12. The molecular weight excluding hydrogens is 382 g/mol. The zero-order chi connectivity index (χ0) is 17.9. The summed E-state index contributed by atoms with van der Waals surface area (Å²) in [6.07, 6.45) is 1.58. The first-order valence-electron chi connectivity index (χ1n) is 7.92. The lowest BCUT2D eigenvalue weighted by atomic mass is 9.79. The Morgan fingerprint density at radius 1 is 1.32 bits per heavy atom. The van der Waals surface area contributed by atoms with E-state index in [2.05, 4.69) is 10.8 Å². The van der Waals surface area contributed by atoms with E-state index in [1.54, 1.807) is 17.4 Å². The highest BCUT2D eigenvalue weighted by atomic mass is 35.5. The molecule has 1 aliphatic rings. The van der Waals surface area contributed by atoms with Crippen LogP contribution in [0.2, 0.25) is 5.02 Å². The summed E-state index contributed by atoms with van der Waals surface area (Å²) >= 11 is 7.71. The SMILES string of the molecule is COc1ccc(S(=O)(=O)NCC2(c3cccs3)CCOCC2)cc1Cl. The lowest BCUT2D eigenvalue weighted by molar-refractivity contribution is 0.0529. The number of benzene rings is 1. The van der Waals surface area contributed by atoms with Gasteiger partial charge in [-0.2, -0.15) is 0 Å². The molecule has 0 saturated carbocycles. The highest BCUT2D eigenvalue weighted by Crippen LogP contribution is 2.37. The van der Waals surface area contributed by atoms with E-state index in [1.807, 2.05) is 11.4 Å². The lowest BCUT2D eigenvalue weighted by Gasteiger charge is -2.36. The van der Waals surface area contributed by atoms with Crippen LogP contribution in [0.15, 0.2) is 40.6 Å².